The van der Waals surface area contributed by atoms with Crippen molar-refractivity contribution in [1.82, 2.24) is 0 Å². The van der Waals surface area contributed by atoms with Crippen molar-refractivity contribution in [2.24, 2.45) is 0 Å². The van der Waals surface area contributed by atoms with Crippen molar-refractivity contribution in [1.29, 1.82) is 0 Å². The first-order chi connectivity index (χ1) is 14.8. The highest BCUT2D eigenvalue weighted by atomic mass is 79.9. The van der Waals surface area contributed by atoms with Crippen LogP contribution in [0.4, 0.5) is 0 Å². The molecule has 0 saturated carbocycles. The summed E-state index contributed by atoms with van der Waals surface area (Å²) in [4.78, 5) is 11.2. The molecule has 0 atom stereocenters. The molecule has 0 aliphatic heterocycles. The van der Waals surface area contributed by atoms with E-state index in [1.807, 2.05) is 6.92 Å². The van der Waals surface area contributed by atoms with E-state index in [9.17, 15) is 4.79 Å². The molecule has 0 aliphatic rings. The van der Waals surface area contributed by atoms with Gasteiger partial charge < -0.3 is 4.74 Å². The van der Waals surface area contributed by atoms with Gasteiger partial charge in [-0.15, -0.1) is 0 Å². The lowest BCUT2D eigenvalue weighted by molar-refractivity contribution is -0.143. The molecule has 30 heavy (non-hydrogen) atoms. The second-order valence-corrected chi connectivity index (χ2v) is 9.82. The van der Waals surface area contributed by atoms with Crippen molar-refractivity contribution in [3.05, 3.63) is 0 Å². The molecule has 0 fully saturated rings. The topological polar surface area (TPSA) is 26.3 Å². The zero-order valence-corrected chi connectivity index (χ0v) is 22.0. The third-order valence-corrected chi connectivity index (χ3v) is 6.63. The highest BCUT2D eigenvalue weighted by Gasteiger charge is 2.00. The Morgan fingerprint density at radius 1 is 0.500 bits per heavy atom. The number of carbonyl (C=O) groups excluding carboxylic acids is 1. The monoisotopic (exact) mass is 488 g/mol. The summed E-state index contributed by atoms with van der Waals surface area (Å²) in [6.07, 6.45) is 31.2. The third kappa shape index (κ3) is 26.0. The van der Waals surface area contributed by atoms with Crippen molar-refractivity contribution >= 4 is 21.9 Å². The van der Waals surface area contributed by atoms with E-state index < -0.39 is 0 Å². The van der Waals surface area contributed by atoms with Crippen molar-refractivity contribution < 1.29 is 9.53 Å². The number of alkyl halides is 1. The molecule has 0 rings (SSSR count). The fraction of sp³-hybridized carbons (Fsp3) is 0.963. The lowest BCUT2D eigenvalue weighted by atomic mass is 10.0. The summed E-state index contributed by atoms with van der Waals surface area (Å²) in [6.45, 7) is 2.38. The Morgan fingerprint density at radius 3 is 1.03 bits per heavy atom. The minimum Gasteiger partial charge on any atom is -0.466 e. The van der Waals surface area contributed by atoms with Crippen LogP contribution in [0.5, 0.6) is 0 Å². The summed E-state index contributed by atoms with van der Waals surface area (Å²) in [5, 5.41) is 1.18. The summed E-state index contributed by atoms with van der Waals surface area (Å²) in [5.74, 6) is -0.0280. The molecule has 0 aromatic rings. The second-order valence-electron chi connectivity index (χ2n) is 9.02. The number of esters is 1. The number of rotatable bonds is 25. The van der Waals surface area contributed by atoms with Crippen LogP contribution in [0.15, 0.2) is 0 Å². The predicted molar refractivity (Wildman–Crippen MR) is 137 cm³/mol. The lowest BCUT2D eigenvalue weighted by Gasteiger charge is -2.04. The van der Waals surface area contributed by atoms with E-state index in [0.29, 0.717) is 13.0 Å². The molecule has 0 aromatic carbocycles. The highest BCUT2D eigenvalue weighted by Crippen LogP contribution is 2.15. The van der Waals surface area contributed by atoms with Gasteiger partial charge in [0, 0.05) is 11.8 Å². The van der Waals surface area contributed by atoms with E-state index in [1.165, 1.54) is 140 Å². The molecular formula is C27H53BrO2. The second kappa shape index (κ2) is 27.0. The van der Waals surface area contributed by atoms with Crippen molar-refractivity contribution in [2.45, 2.75) is 155 Å². The number of ether oxygens (including phenoxy) is 1. The number of unbranched alkanes of at least 4 members (excludes halogenated alkanes) is 21. The van der Waals surface area contributed by atoms with Gasteiger partial charge in [-0.1, -0.05) is 144 Å². The van der Waals surface area contributed by atoms with Crippen LogP contribution in [-0.2, 0) is 9.53 Å². The Balaban J connectivity index is 3.03. The molecule has 0 spiro atoms. The summed E-state index contributed by atoms with van der Waals surface area (Å²) in [7, 11) is 0. The summed E-state index contributed by atoms with van der Waals surface area (Å²) in [6, 6.07) is 0. The maximum Gasteiger partial charge on any atom is 0.305 e. The maximum atomic E-state index is 11.2. The lowest BCUT2D eigenvalue weighted by Crippen LogP contribution is -2.03. The number of halogens is 1. The van der Waals surface area contributed by atoms with Crippen LogP contribution in [0.3, 0.4) is 0 Å². The van der Waals surface area contributed by atoms with Gasteiger partial charge in [-0.3, -0.25) is 4.79 Å². The smallest absolute Gasteiger partial charge is 0.305 e. The van der Waals surface area contributed by atoms with Gasteiger partial charge >= 0.3 is 5.97 Å². The molecule has 3 heteroatoms. The van der Waals surface area contributed by atoms with Gasteiger partial charge in [0.05, 0.1) is 6.61 Å². The van der Waals surface area contributed by atoms with Crippen molar-refractivity contribution in [2.75, 3.05) is 11.9 Å². The number of hydrogen-bond donors (Lipinski definition) is 0. The van der Waals surface area contributed by atoms with Crippen LogP contribution in [0.2, 0.25) is 0 Å². The maximum absolute atomic E-state index is 11.2. The minimum absolute atomic E-state index is 0.0280. The SMILES string of the molecule is CCOC(=O)CCCCCCCCCCCCCCCCCCCCCCCCBr. The Bertz CT molecular complexity index is 333. The van der Waals surface area contributed by atoms with E-state index in [2.05, 4.69) is 15.9 Å². The molecule has 2 nitrogen and oxygen atoms in total. The fourth-order valence-electron chi connectivity index (χ4n) is 4.13. The molecule has 180 valence electrons. The van der Waals surface area contributed by atoms with Crippen molar-refractivity contribution in [3.8, 4) is 0 Å². The molecule has 0 N–H and O–H groups in total. The molecule has 0 saturated heterocycles. The first-order valence-corrected chi connectivity index (χ1v) is 14.6. The molecule has 0 radical (unpaired) electrons. The van der Waals surface area contributed by atoms with Gasteiger partial charge in [0.2, 0.25) is 0 Å². The van der Waals surface area contributed by atoms with Crippen LogP contribution in [-0.4, -0.2) is 17.9 Å². The predicted octanol–water partition coefficient (Wildman–Crippen LogP) is 9.92. The summed E-state index contributed by atoms with van der Waals surface area (Å²) < 4.78 is 4.95. The molecular weight excluding hydrogens is 436 g/mol. The summed E-state index contributed by atoms with van der Waals surface area (Å²) in [5.41, 5.74) is 0. The third-order valence-electron chi connectivity index (χ3n) is 6.07. The zero-order valence-electron chi connectivity index (χ0n) is 20.4. The van der Waals surface area contributed by atoms with Gasteiger partial charge in [0.1, 0.15) is 0 Å². The average Bonchev–Trinajstić information content (AvgIpc) is 2.74. The number of carbonyl (C=O) groups is 1. The van der Waals surface area contributed by atoms with E-state index in [4.69, 9.17) is 4.74 Å². The molecule has 0 amide bonds. The summed E-state index contributed by atoms with van der Waals surface area (Å²) >= 11 is 3.50. The van der Waals surface area contributed by atoms with Crippen LogP contribution >= 0.6 is 15.9 Å². The quantitative estimate of drug-likeness (QED) is 0.0724. The highest BCUT2D eigenvalue weighted by molar-refractivity contribution is 9.09. The van der Waals surface area contributed by atoms with Gasteiger partial charge in [-0.05, 0) is 19.8 Å². The molecule has 0 aliphatic carbocycles. The normalized spacial score (nSPS) is 11.1. The van der Waals surface area contributed by atoms with E-state index in [1.54, 1.807) is 0 Å². The van der Waals surface area contributed by atoms with Gasteiger partial charge in [0.25, 0.3) is 0 Å². The zero-order chi connectivity index (χ0) is 22.0. The standard InChI is InChI=1S/C27H53BrO2/c1-2-30-27(29)25-23-21-19-17-15-13-11-9-7-5-3-4-6-8-10-12-14-16-18-20-22-24-26-28/h2-26H2,1H3. The first-order valence-electron chi connectivity index (χ1n) is 13.5. The van der Waals surface area contributed by atoms with E-state index in [0.717, 1.165) is 6.42 Å². The van der Waals surface area contributed by atoms with Crippen LogP contribution < -0.4 is 0 Å². The van der Waals surface area contributed by atoms with Gasteiger partial charge in [0.15, 0.2) is 0 Å². The molecule has 0 heterocycles. The van der Waals surface area contributed by atoms with Crippen LogP contribution in [0.1, 0.15) is 155 Å². The number of hydrogen-bond acceptors (Lipinski definition) is 2. The average molecular weight is 490 g/mol. The van der Waals surface area contributed by atoms with Crippen LogP contribution in [0.25, 0.3) is 0 Å². The first kappa shape index (κ1) is 29.9. The van der Waals surface area contributed by atoms with Crippen LogP contribution in [0, 0.1) is 0 Å². The van der Waals surface area contributed by atoms with Crippen molar-refractivity contribution in [3.63, 3.8) is 0 Å². The van der Waals surface area contributed by atoms with Gasteiger partial charge in [-0.2, -0.15) is 0 Å². The Labute approximate surface area is 197 Å². The van der Waals surface area contributed by atoms with Gasteiger partial charge in [-0.25, -0.2) is 0 Å². The molecule has 0 unspecified atom stereocenters. The molecule has 0 aromatic heterocycles. The Kier molecular flexibility index (Phi) is 26.9. The largest absolute Gasteiger partial charge is 0.466 e. The molecule has 0 bridgehead atoms. The van der Waals surface area contributed by atoms with E-state index >= 15 is 0 Å². The Hall–Kier alpha value is -0.0500. The fourth-order valence-corrected chi connectivity index (χ4v) is 4.53. The Morgan fingerprint density at radius 2 is 0.767 bits per heavy atom. The minimum atomic E-state index is -0.0280. The van der Waals surface area contributed by atoms with E-state index in [-0.39, 0.29) is 5.97 Å².